The lowest BCUT2D eigenvalue weighted by Crippen LogP contribution is -2.27. The van der Waals surface area contributed by atoms with E-state index in [0.29, 0.717) is 22.2 Å². The fourth-order valence-electron chi connectivity index (χ4n) is 1.68. The number of hydrogen-bond donors (Lipinski definition) is 0. The van der Waals surface area contributed by atoms with E-state index in [2.05, 4.69) is 5.10 Å². The van der Waals surface area contributed by atoms with Gasteiger partial charge in [0.2, 0.25) is 0 Å². The number of nitrogens with zero attached hydrogens (tertiary/aromatic N) is 2. The fraction of sp³-hybridized carbons (Fsp3) is 0.308. The first-order chi connectivity index (χ1) is 8.83. The first-order valence-electron chi connectivity index (χ1n) is 5.69. The average molecular weight is 281 g/mol. The molecule has 6 heteroatoms. The second kappa shape index (κ2) is 4.66. The van der Waals surface area contributed by atoms with Gasteiger partial charge in [0.25, 0.3) is 0 Å². The third kappa shape index (κ3) is 2.61. The van der Waals surface area contributed by atoms with Crippen LogP contribution in [0, 0.1) is 0 Å². The minimum atomic E-state index is -0.645. The number of aldehydes is 1. The number of rotatable bonds is 1. The molecule has 2 rings (SSSR count). The highest BCUT2D eigenvalue weighted by Crippen LogP contribution is 2.26. The van der Waals surface area contributed by atoms with Crippen LogP contribution in [0.2, 0.25) is 5.02 Å². The monoisotopic (exact) mass is 280 g/mol. The summed E-state index contributed by atoms with van der Waals surface area (Å²) >= 11 is 6.03. The summed E-state index contributed by atoms with van der Waals surface area (Å²) in [4.78, 5) is 23.0. The molecule has 0 unspecified atom stereocenters. The molecule has 5 nitrogen and oxygen atoms in total. The van der Waals surface area contributed by atoms with Gasteiger partial charge >= 0.3 is 6.09 Å². The second-order valence-electron chi connectivity index (χ2n) is 5.03. The highest BCUT2D eigenvalue weighted by Gasteiger charge is 2.22. The normalized spacial score (nSPS) is 11.6. The van der Waals surface area contributed by atoms with Gasteiger partial charge in [0.1, 0.15) is 11.3 Å². The summed E-state index contributed by atoms with van der Waals surface area (Å²) in [5, 5.41) is 4.76. The molecule has 1 heterocycles. The Hall–Kier alpha value is -1.88. The van der Waals surface area contributed by atoms with Crippen LogP contribution in [0.3, 0.4) is 0 Å². The molecule has 0 N–H and O–H groups in total. The topological polar surface area (TPSA) is 61.2 Å². The zero-order valence-corrected chi connectivity index (χ0v) is 11.6. The molecule has 0 atom stereocenters. The Bertz CT molecular complexity index is 656. The average Bonchev–Trinajstić information content (AvgIpc) is 2.67. The maximum atomic E-state index is 12.0. The van der Waals surface area contributed by atoms with Crippen molar-refractivity contribution in [3.05, 3.63) is 28.9 Å². The van der Waals surface area contributed by atoms with E-state index >= 15 is 0 Å². The Morgan fingerprint density at radius 3 is 2.68 bits per heavy atom. The quantitative estimate of drug-likeness (QED) is 0.752. The number of aromatic nitrogens is 2. The highest BCUT2D eigenvalue weighted by molar-refractivity contribution is 6.36. The second-order valence-corrected chi connectivity index (χ2v) is 5.44. The van der Waals surface area contributed by atoms with Crippen LogP contribution in [0.5, 0.6) is 0 Å². The molecule has 0 saturated heterocycles. The number of carbonyl (C=O) groups excluding carboxylic acids is 2. The van der Waals surface area contributed by atoms with Gasteiger partial charge < -0.3 is 4.74 Å². The first kappa shape index (κ1) is 13.5. The highest BCUT2D eigenvalue weighted by atomic mass is 35.5. The Morgan fingerprint density at radius 1 is 1.42 bits per heavy atom. The Balaban J connectivity index is 2.59. The lowest BCUT2D eigenvalue weighted by Gasteiger charge is -2.19. The van der Waals surface area contributed by atoms with Crippen LogP contribution in [0.1, 0.15) is 31.3 Å². The molecule has 100 valence electrons. The zero-order chi connectivity index (χ0) is 14.2. The molecule has 19 heavy (non-hydrogen) atoms. The van der Waals surface area contributed by atoms with E-state index in [0.717, 1.165) is 4.68 Å². The van der Waals surface area contributed by atoms with Crippen molar-refractivity contribution in [2.24, 2.45) is 0 Å². The van der Waals surface area contributed by atoms with Crippen LogP contribution in [-0.4, -0.2) is 27.8 Å². The summed E-state index contributed by atoms with van der Waals surface area (Å²) in [6, 6.07) is 4.98. The Morgan fingerprint density at radius 2 is 2.11 bits per heavy atom. The van der Waals surface area contributed by atoms with Crippen molar-refractivity contribution in [1.82, 2.24) is 9.78 Å². The molecule has 1 aromatic heterocycles. The van der Waals surface area contributed by atoms with Crippen LogP contribution < -0.4 is 0 Å². The van der Waals surface area contributed by atoms with Gasteiger partial charge in [0, 0.05) is 0 Å². The van der Waals surface area contributed by atoms with E-state index in [1.54, 1.807) is 39.0 Å². The van der Waals surface area contributed by atoms with Crippen molar-refractivity contribution < 1.29 is 14.3 Å². The van der Waals surface area contributed by atoms with E-state index in [1.807, 2.05) is 0 Å². The minimum Gasteiger partial charge on any atom is -0.442 e. The van der Waals surface area contributed by atoms with E-state index in [1.165, 1.54) is 0 Å². The Kier molecular flexibility index (Phi) is 3.32. The van der Waals surface area contributed by atoms with Crippen LogP contribution in [0.25, 0.3) is 10.9 Å². The smallest absolute Gasteiger partial charge is 0.435 e. The first-order valence-corrected chi connectivity index (χ1v) is 6.07. The predicted octanol–water partition coefficient (Wildman–Crippen LogP) is 3.29. The fourth-order valence-corrected chi connectivity index (χ4v) is 1.95. The molecule has 0 amide bonds. The van der Waals surface area contributed by atoms with Crippen LogP contribution >= 0.6 is 11.6 Å². The Labute approximate surface area is 115 Å². The molecule has 0 aliphatic carbocycles. The molecule has 2 aromatic rings. The van der Waals surface area contributed by atoms with E-state index in [4.69, 9.17) is 16.3 Å². The third-order valence-electron chi connectivity index (χ3n) is 2.36. The van der Waals surface area contributed by atoms with Crippen molar-refractivity contribution >= 4 is 34.9 Å². The van der Waals surface area contributed by atoms with Crippen molar-refractivity contribution in [2.45, 2.75) is 26.4 Å². The van der Waals surface area contributed by atoms with Crippen molar-refractivity contribution in [3.8, 4) is 0 Å². The molecule has 1 aromatic carbocycles. The number of carbonyl (C=O) groups is 2. The van der Waals surface area contributed by atoms with Crippen molar-refractivity contribution in [1.29, 1.82) is 0 Å². The number of hydrogen-bond acceptors (Lipinski definition) is 4. The van der Waals surface area contributed by atoms with Gasteiger partial charge in [-0.1, -0.05) is 17.7 Å². The summed E-state index contributed by atoms with van der Waals surface area (Å²) in [7, 11) is 0. The summed E-state index contributed by atoms with van der Waals surface area (Å²) < 4.78 is 6.28. The summed E-state index contributed by atoms with van der Waals surface area (Å²) in [6.07, 6.45) is -0.0809. The number of fused-ring (bicyclic) bond motifs is 1. The van der Waals surface area contributed by atoms with E-state index < -0.39 is 11.7 Å². The molecular formula is C13H13ClN2O3. The largest absolute Gasteiger partial charge is 0.442 e. The standard InChI is InChI=1S/C13H13ClN2O3/c1-13(2,3)19-12(18)16-10-6-4-5-8(14)11(10)9(7-17)15-16/h4-7H,1-3H3. The zero-order valence-electron chi connectivity index (χ0n) is 10.8. The molecule has 0 bridgehead atoms. The molecule has 0 aliphatic rings. The number of benzene rings is 1. The van der Waals surface area contributed by atoms with Gasteiger partial charge in [-0.2, -0.15) is 9.78 Å². The van der Waals surface area contributed by atoms with E-state index in [-0.39, 0.29) is 5.69 Å². The van der Waals surface area contributed by atoms with Crippen LogP contribution in [0.15, 0.2) is 18.2 Å². The van der Waals surface area contributed by atoms with Gasteiger partial charge in [-0.05, 0) is 32.9 Å². The molecule has 0 radical (unpaired) electrons. The SMILES string of the molecule is CC(C)(C)OC(=O)n1nc(C=O)c2c(Cl)cccc21. The van der Waals surface area contributed by atoms with Gasteiger partial charge in [-0.15, -0.1) is 0 Å². The molecular weight excluding hydrogens is 268 g/mol. The van der Waals surface area contributed by atoms with Gasteiger partial charge in [0.05, 0.1) is 15.9 Å². The lowest BCUT2D eigenvalue weighted by molar-refractivity contribution is 0.0522. The maximum absolute atomic E-state index is 12.0. The number of halogens is 1. The van der Waals surface area contributed by atoms with Gasteiger partial charge in [0.15, 0.2) is 6.29 Å². The van der Waals surface area contributed by atoms with E-state index in [9.17, 15) is 9.59 Å². The predicted molar refractivity (Wildman–Crippen MR) is 71.8 cm³/mol. The lowest BCUT2D eigenvalue weighted by atomic mass is 10.2. The molecule has 0 aliphatic heterocycles. The third-order valence-corrected chi connectivity index (χ3v) is 2.68. The minimum absolute atomic E-state index is 0.117. The summed E-state index contributed by atoms with van der Waals surface area (Å²) in [6.45, 7) is 5.26. The maximum Gasteiger partial charge on any atom is 0.435 e. The number of ether oxygens (including phenoxy) is 1. The van der Waals surface area contributed by atoms with Crippen LogP contribution in [0.4, 0.5) is 4.79 Å². The molecule has 0 saturated carbocycles. The summed E-state index contributed by atoms with van der Waals surface area (Å²) in [5.41, 5.74) is -0.0785. The van der Waals surface area contributed by atoms with Crippen LogP contribution in [-0.2, 0) is 4.74 Å². The van der Waals surface area contributed by atoms with Crippen molar-refractivity contribution in [3.63, 3.8) is 0 Å². The summed E-state index contributed by atoms with van der Waals surface area (Å²) in [5.74, 6) is 0. The van der Waals surface area contributed by atoms with Crippen molar-refractivity contribution in [2.75, 3.05) is 0 Å². The van der Waals surface area contributed by atoms with Gasteiger partial charge in [-0.25, -0.2) is 4.79 Å². The molecule has 0 spiro atoms. The molecule has 0 fully saturated rings. The van der Waals surface area contributed by atoms with Gasteiger partial charge in [-0.3, -0.25) is 4.79 Å².